The second kappa shape index (κ2) is 11.3. The van der Waals surface area contributed by atoms with E-state index in [9.17, 15) is 0 Å². The molecular weight excluding hydrogens is 339 g/mol. The predicted molar refractivity (Wildman–Crippen MR) is 99.1 cm³/mol. The summed E-state index contributed by atoms with van der Waals surface area (Å²) in [5.41, 5.74) is 0. The first kappa shape index (κ1) is 20.7. The van der Waals surface area contributed by atoms with Gasteiger partial charge in [-0.2, -0.15) is 15.0 Å². The van der Waals surface area contributed by atoms with Gasteiger partial charge < -0.3 is 5.32 Å². The molecule has 0 spiro atoms. The molecule has 0 aliphatic heterocycles. The van der Waals surface area contributed by atoms with E-state index in [4.69, 9.17) is 24.4 Å². The molecule has 0 amide bonds. The van der Waals surface area contributed by atoms with Crippen LogP contribution in [0.4, 0.5) is 5.95 Å². The molecule has 0 fully saturated rings. The van der Waals surface area contributed by atoms with Crippen molar-refractivity contribution in [3.63, 3.8) is 0 Å². The molecule has 1 aromatic rings. The number of rotatable bonds is 7. The van der Waals surface area contributed by atoms with Crippen LogP contribution in [0.5, 0.6) is 0 Å². The minimum absolute atomic E-state index is 0. The molecule has 0 saturated carbocycles. The number of thiocarbonyl (C=S) groups is 2. The molecule has 9 heteroatoms. The molecule has 106 valence electrons. The molecule has 0 bridgehead atoms. The fourth-order valence-electron chi connectivity index (χ4n) is 1.41. The summed E-state index contributed by atoms with van der Waals surface area (Å²) in [6, 6.07) is 0. The van der Waals surface area contributed by atoms with Crippen LogP contribution in [-0.2, 0) is 0 Å². The number of thiol groups is 2. The van der Waals surface area contributed by atoms with Crippen molar-refractivity contribution in [2.45, 2.75) is 49.3 Å². The van der Waals surface area contributed by atoms with Crippen LogP contribution < -0.4 is 5.32 Å². The Hall–Kier alpha value is 0.690. The second-order valence-electron chi connectivity index (χ2n) is 3.95. The van der Waals surface area contributed by atoms with Gasteiger partial charge in [0.15, 0.2) is 10.3 Å². The summed E-state index contributed by atoms with van der Waals surface area (Å²) < 4.78 is 0. The monoisotopic (exact) mass is 356 g/mol. The first-order chi connectivity index (χ1) is 9.02. The number of unbranched alkanes of at least 4 members (excludes halogenated alkanes) is 3. The molecule has 0 aromatic carbocycles. The van der Waals surface area contributed by atoms with E-state index in [1.807, 2.05) is 0 Å². The molecule has 0 atom stereocenters. The van der Waals surface area contributed by atoms with Gasteiger partial charge in [-0.15, -0.1) is 25.3 Å². The zero-order chi connectivity index (χ0) is 14.3. The Labute approximate surface area is 163 Å². The van der Waals surface area contributed by atoms with Gasteiger partial charge in [-0.05, 0) is 12.8 Å². The van der Waals surface area contributed by atoms with Gasteiger partial charge in [0.2, 0.25) is 5.95 Å². The summed E-state index contributed by atoms with van der Waals surface area (Å²) in [7, 11) is 0. The molecule has 1 aromatic heterocycles. The second-order valence-corrected chi connectivity index (χ2v) is 5.65. The number of hydrogen-bond donors (Lipinski definition) is 3. The van der Waals surface area contributed by atoms with E-state index in [0.29, 0.717) is 21.2 Å². The molecule has 4 nitrogen and oxygen atoms in total. The summed E-state index contributed by atoms with van der Waals surface area (Å²) in [6.45, 7) is 2.18. The van der Waals surface area contributed by atoms with Crippen LogP contribution in [0.1, 0.15) is 39.0 Å². The predicted octanol–water partition coefficient (Wildman–Crippen LogP) is 2.88. The van der Waals surface area contributed by atoms with Crippen molar-refractivity contribution in [1.29, 1.82) is 0 Å². The van der Waals surface area contributed by atoms with Gasteiger partial charge in [0, 0.05) is 4.86 Å². The van der Waals surface area contributed by atoms with Gasteiger partial charge in [0.05, 0.1) is 0 Å². The number of nitrogens with one attached hydrogen (secondary N) is 1. The van der Waals surface area contributed by atoms with Crippen molar-refractivity contribution in [1.82, 2.24) is 15.0 Å². The molecule has 0 aliphatic rings. The molecule has 0 unspecified atom stereocenters. The van der Waals surface area contributed by atoms with Gasteiger partial charge >= 0.3 is 29.6 Å². The molecule has 0 saturated heterocycles. The Bertz CT molecular complexity index is 449. The summed E-state index contributed by atoms with van der Waals surface area (Å²) in [5, 5.41) is 3.48. The topological polar surface area (TPSA) is 50.7 Å². The molecule has 0 aliphatic carbocycles. The van der Waals surface area contributed by atoms with Crippen molar-refractivity contribution in [3.8, 4) is 0 Å². The molecule has 0 radical (unpaired) electrons. The van der Waals surface area contributed by atoms with E-state index in [1.165, 1.54) is 19.3 Å². The standard InChI is InChI=1S/C11H16N4S4.Na.H/c1-2-3-4-5-6-7(16)8(17)12-9-13-10(18)15-11(19)14-9;;/h2-6H2,1H3,(H3,12,13,14,15,17,18,19);;. The first-order valence-corrected chi connectivity index (χ1v) is 7.72. The molecule has 1 N–H and O–H groups in total. The number of nitrogens with zero attached hydrogens (tertiary/aromatic N) is 3. The van der Waals surface area contributed by atoms with Crippen molar-refractivity contribution >= 4 is 95.1 Å². The molecule has 20 heavy (non-hydrogen) atoms. The maximum atomic E-state index is 5.28. The normalized spacial score (nSPS) is 9.75. The SMILES string of the molecule is CCCCCCC(=S)C(=S)Nc1nc(S)nc(S)n1.[NaH]. The van der Waals surface area contributed by atoms with Crippen LogP contribution in [0.25, 0.3) is 0 Å². The van der Waals surface area contributed by atoms with Gasteiger partial charge in [0.25, 0.3) is 0 Å². The van der Waals surface area contributed by atoms with E-state index in [-0.39, 0.29) is 29.6 Å². The third kappa shape index (κ3) is 8.21. The van der Waals surface area contributed by atoms with Crippen LogP contribution in [-0.4, -0.2) is 54.4 Å². The van der Waals surface area contributed by atoms with Crippen molar-refractivity contribution in [3.05, 3.63) is 0 Å². The zero-order valence-electron chi connectivity index (χ0n) is 10.6. The third-order valence-corrected chi connectivity index (χ3v) is 3.63. The summed E-state index contributed by atoms with van der Waals surface area (Å²) >= 11 is 18.6. The van der Waals surface area contributed by atoms with Gasteiger partial charge in [-0.25, -0.2) is 0 Å². The fraction of sp³-hybridized carbons (Fsp3) is 0.545. The molecule has 1 rings (SSSR count). The van der Waals surface area contributed by atoms with E-state index < -0.39 is 0 Å². The number of hydrogen-bond acceptors (Lipinski definition) is 7. The van der Waals surface area contributed by atoms with Crippen LogP contribution >= 0.6 is 49.7 Å². The summed E-state index contributed by atoms with van der Waals surface area (Å²) in [4.78, 5) is 13.1. The third-order valence-electron chi connectivity index (χ3n) is 2.35. The van der Waals surface area contributed by atoms with Crippen molar-refractivity contribution < 1.29 is 0 Å². The summed E-state index contributed by atoms with van der Waals surface area (Å²) in [5.74, 6) is 0.325. The van der Waals surface area contributed by atoms with E-state index in [1.54, 1.807) is 0 Å². The Morgan fingerprint density at radius 1 is 1.05 bits per heavy atom. The van der Waals surface area contributed by atoms with Gasteiger partial charge in [-0.3, -0.25) is 0 Å². The average Bonchev–Trinajstić information content (AvgIpc) is 2.33. The van der Waals surface area contributed by atoms with Crippen LogP contribution in [0, 0.1) is 0 Å². The zero-order valence-corrected chi connectivity index (χ0v) is 14.0. The average molecular weight is 357 g/mol. The van der Waals surface area contributed by atoms with Crippen LogP contribution in [0.2, 0.25) is 0 Å². The van der Waals surface area contributed by atoms with Gasteiger partial charge in [0.1, 0.15) is 4.99 Å². The van der Waals surface area contributed by atoms with Gasteiger partial charge in [-0.1, -0.05) is 50.6 Å². The minimum atomic E-state index is 0. The quantitative estimate of drug-likeness (QED) is 0.302. The Balaban J connectivity index is 0.00000361. The summed E-state index contributed by atoms with van der Waals surface area (Å²) in [6.07, 6.45) is 5.47. The maximum absolute atomic E-state index is 5.28. The van der Waals surface area contributed by atoms with Crippen LogP contribution in [0.15, 0.2) is 10.3 Å². The van der Waals surface area contributed by atoms with E-state index in [2.05, 4.69) is 52.5 Å². The molecule has 1 heterocycles. The van der Waals surface area contributed by atoms with E-state index in [0.717, 1.165) is 17.7 Å². The van der Waals surface area contributed by atoms with Crippen molar-refractivity contribution in [2.24, 2.45) is 0 Å². The van der Waals surface area contributed by atoms with Crippen LogP contribution in [0.3, 0.4) is 0 Å². The number of aromatic nitrogens is 3. The fourth-order valence-corrected chi connectivity index (χ4v) is 2.25. The first-order valence-electron chi connectivity index (χ1n) is 6.01. The van der Waals surface area contributed by atoms with Crippen molar-refractivity contribution in [2.75, 3.05) is 5.32 Å². The Morgan fingerprint density at radius 3 is 2.20 bits per heavy atom. The Morgan fingerprint density at radius 2 is 1.65 bits per heavy atom. The Kier molecular flexibility index (Phi) is 11.7. The number of anilines is 1. The molecular formula is C11H17N4NaS4. The van der Waals surface area contributed by atoms with E-state index >= 15 is 0 Å².